The van der Waals surface area contributed by atoms with E-state index in [0.717, 1.165) is 4.47 Å². The lowest BCUT2D eigenvalue weighted by atomic mass is 10.3. The number of nitrogens with one attached hydrogen (secondary N) is 1. The number of carbonyl (C=O) groups is 1. The van der Waals surface area contributed by atoms with Crippen LogP contribution < -0.4 is 15.8 Å². The van der Waals surface area contributed by atoms with Crippen molar-refractivity contribution < 1.29 is 9.53 Å². The third-order valence-corrected chi connectivity index (χ3v) is 2.51. The van der Waals surface area contributed by atoms with Gasteiger partial charge in [-0.3, -0.25) is 4.79 Å². The van der Waals surface area contributed by atoms with Crippen LogP contribution in [0, 0.1) is 0 Å². The molecule has 1 aromatic rings. The highest BCUT2D eigenvalue weighted by Crippen LogP contribution is 2.27. The zero-order valence-corrected chi connectivity index (χ0v) is 10.0. The minimum Gasteiger partial charge on any atom is -0.497 e. The molecular weight excluding hydrogens is 260 g/mol. The Bertz CT molecular complexity index is 355. The van der Waals surface area contributed by atoms with Crippen molar-refractivity contribution in [3.8, 4) is 5.75 Å². The summed E-state index contributed by atoms with van der Waals surface area (Å²) in [7, 11) is 1.58. The summed E-state index contributed by atoms with van der Waals surface area (Å²) in [5.41, 5.74) is 5.97. The molecule has 82 valence electrons. The molecule has 0 radical (unpaired) electrons. The van der Waals surface area contributed by atoms with Crippen LogP contribution in [0.4, 0.5) is 5.69 Å². The van der Waals surface area contributed by atoms with Crippen molar-refractivity contribution in [2.75, 3.05) is 19.0 Å². The number of benzene rings is 1. The predicted octanol–water partition coefficient (Wildman–Crippen LogP) is 1.74. The number of carbonyl (C=O) groups excluding carboxylic acids is 1. The number of nitrogens with two attached hydrogens (primary N) is 1. The molecule has 0 atom stereocenters. The molecule has 4 nitrogen and oxygen atoms in total. The number of amides is 1. The van der Waals surface area contributed by atoms with Crippen LogP contribution in [0.2, 0.25) is 0 Å². The van der Waals surface area contributed by atoms with E-state index >= 15 is 0 Å². The van der Waals surface area contributed by atoms with Gasteiger partial charge in [0.05, 0.1) is 12.8 Å². The van der Waals surface area contributed by atoms with Gasteiger partial charge in [0.15, 0.2) is 0 Å². The number of halogens is 1. The first kappa shape index (κ1) is 12.0. The van der Waals surface area contributed by atoms with Crippen LogP contribution in [0.5, 0.6) is 5.75 Å². The number of methoxy groups -OCH3 is 1. The maximum Gasteiger partial charge on any atom is 0.225 e. The molecule has 0 aliphatic carbocycles. The number of ether oxygens (including phenoxy) is 1. The molecule has 0 bridgehead atoms. The third-order valence-electron chi connectivity index (χ3n) is 1.82. The molecule has 1 rings (SSSR count). The number of hydrogen-bond donors (Lipinski definition) is 2. The van der Waals surface area contributed by atoms with Gasteiger partial charge in [-0.1, -0.05) is 0 Å². The van der Waals surface area contributed by atoms with Crippen LogP contribution in [-0.4, -0.2) is 19.6 Å². The molecule has 0 unspecified atom stereocenters. The Morgan fingerprint density at radius 3 is 2.93 bits per heavy atom. The van der Waals surface area contributed by atoms with E-state index in [1.165, 1.54) is 0 Å². The summed E-state index contributed by atoms with van der Waals surface area (Å²) in [6.07, 6.45) is 0.309. The fraction of sp³-hybridized carbons (Fsp3) is 0.300. The lowest BCUT2D eigenvalue weighted by molar-refractivity contribution is -0.116. The average molecular weight is 273 g/mol. The van der Waals surface area contributed by atoms with E-state index in [9.17, 15) is 4.79 Å². The van der Waals surface area contributed by atoms with Gasteiger partial charge in [0.2, 0.25) is 5.91 Å². The van der Waals surface area contributed by atoms with E-state index in [0.29, 0.717) is 24.4 Å². The molecule has 15 heavy (non-hydrogen) atoms. The lowest BCUT2D eigenvalue weighted by Gasteiger charge is -2.08. The van der Waals surface area contributed by atoms with Gasteiger partial charge >= 0.3 is 0 Å². The quantitative estimate of drug-likeness (QED) is 0.878. The van der Waals surface area contributed by atoms with E-state index in [2.05, 4.69) is 21.2 Å². The van der Waals surface area contributed by atoms with Crippen molar-refractivity contribution in [2.24, 2.45) is 5.73 Å². The molecular formula is C10H13BrN2O2. The Labute approximate surface area is 96.9 Å². The van der Waals surface area contributed by atoms with Crippen LogP contribution in [0.15, 0.2) is 22.7 Å². The highest BCUT2D eigenvalue weighted by atomic mass is 79.9. The first-order chi connectivity index (χ1) is 7.17. The van der Waals surface area contributed by atoms with Gasteiger partial charge in [-0.2, -0.15) is 0 Å². The van der Waals surface area contributed by atoms with Gasteiger partial charge in [0.25, 0.3) is 0 Å². The van der Waals surface area contributed by atoms with Crippen molar-refractivity contribution in [2.45, 2.75) is 6.42 Å². The minimum atomic E-state index is -0.105. The Morgan fingerprint density at radius 2 is 2.33 bits per heavy atom. The molecule has 0 saturated carbocycles. The van der Waals surface area contributed by atoms with Crippen molar-refractivity contribution >= 4 is 27.5 Å². The second kappa shape index (κ2) is 5.72. The van der Waals surface area contributed by atoms with E-state index in [-0.39, 0.29) is 5.91 Å². The smallest absolute Gasteiger partial charge is 0.225 e. The largest absolute Gasteiger partial charge is 0.497 e. The first-order valence-electron chi connectivity index (χ1n) is 4.51. The maximum absolute atomic E-state index is 11.3. The zero-order valence-electron chi connectivity index (χ0n) is 8.42. The summed E-state index contributed by atoms with van der Waals surface area (Å²) in [5.74, 6) is 0.590. The lowest BCUT2D eigenvalue weighted by Crippen LogP contribution is -2.16. The molecule has 0 fully saturated rings. The van der Waals surface area contributed by atoms with Crippen LogP contribution in [-0.2, 0) is 4.79 Å². The Hall–Kier alpha value is -1.07. The predicted molar refractivity (Wildman–Crippen MR) is 63.0 cm³/mol. The molecule has 0 aromatic heterocycles. The second-order valence-electron chi connectivity index (χ2n) is 2.93. The molecule has 0 saturated heterocycles. The molecule has 3 N–H and O–H groups in total. The van der Waals surface area contributed by atoms with Gasteiger partial charge in [0, 0.05) is 23.5 Å². The Kier molecular flexibility index (Phi) is 4.58. The van der Waals surface area contributed by atoms with Crippen molar-refractivity contribution in [1.29, 1.82) is 0 Å². The van der Waals surface area contributed by atoms with E-state index in [4.69, 9.17) is 10.5 Å². The second-order valence-corrected chi connectivity index (χ2v) is 3.79. The molecule has 0 aliphatic heterocycles. The highest BCUT2D eigenvalue weighted by molar-refractivity contribution is 9.10. The SMILES string of the molecule is COc1ccc(Br)c(NC(=O)CCN)c1. The van der Waals surface area contributed by atoms with Crippen LogP contribution in [0.25, 0.3) is 0 Å². The highest BCUT2D eigenvalue weighted by Gasteiger charge is 2.05. The molecule has 0 aliphatic rings. The molecule has 0 spiro atoms. The molecule has 1 amide bonds. The van der Waals surface area contributed by atoms with Gasteiger partial charge in [0.1, 0.15) is 5.75 Å². The summed E-state index contributed by atoms with van der Waals surface area (Å²) < 4.78 is 5.87. The normalized spacial score (nSPS) is 9.80. The summed E-state index contributed by atoms with van der Waals surface area (Å²) in [6.45, 7) is 0.341. The molecule has 1 aromatic carbocycles. The van der Waals surface area contributed by atoms with Gasteiger partial charge in [-0.05, 0) is 28.1 Å². The summed E-state index contributed by atoms with van der Waals surface area (Å²) in [4.78, 5) is 11.3. The monoisotopic (exact) mass is 272 g/mol. The van der Waals surface area contributed by atoms with Gasteiger partial charge in [-0.25, -0.2) is 0 Å². The number of rotatable bonds is 4. The fourth-order valence-corrected chi connectivity index (χ4v) is 1.42. The first-order valence-corrected chi connectivity index (χ1v) is 5.30. The van der Waals surface area contributed by atoms with Crippen molar-refractivity contribution in [3.63, 3.8) is 0 Å². The van der Waals surface area contributed by atoms with E-state index in [1.807, 2.05) is 12.1 Å². The van der Waals surface area contributed by atoms with Gasteiger partial charge < -0.3 is 15.8 Å². The minimum absolute atomic E-state index is 0.105. The maximum atomic E-state index is 11.3. The number of anilines is 1. The Morgan fingerprint density at radius 1 is 1.60 bits per heavy atom. The fourth-order valence-electron chi connectivity index (χ4n) is 1.07. The third kappa shape index (κ3) is 3.53. The number of hydrogen-bond acceptors (Lipinski definition) is 3. The molecule has 0 heterocycles. The topological polar surface area (TPSA) is 64.3 Å². The summed E-state index contributed by atoms with van der Waals surface area (Å²) >= 11 is 3.34. The summed E-state index contributed by atoms with van der Waals surface area (Å²) in [5, 5.41) is 2.74. The Balaban J connectivity index is 2.79. The van der Waals surface area contributed by atoms with E-state index in [1.54, 1.807) is 13.2 Å². The standard InChI is InChI=1S/C10H13BrN2O2/c1-15-7-2-3-8(11)9(6-7)13-10(14)4-5-12/h2-3,6H,4-5,12H2,1H3,(H,13,14). The zero-order chi connectivity index (χ0) is 11.3. The average Bonchev–Trinajstić information content (AvgIpc) is 2.21. The van der Waals surface area contributed by atoms with E-state index < -0.39 is 0 Å². The van der Waals surface area contributed by atoms with Crippen LogP contribution >= 0.6 is 15.9 Å². The van der Waals surface area contributed by atoms with Crippen molar-refractivity contribution in [3.05, 3.63) is 22.7 Å². The summed E-state index contributed by atoms with van der Waals surface area (Å²) in [6, 6.07) is 5.37. The van der Waals surface area contributed by atoms with Crippen LogP contribution in [0.1, 0.15) is 6.42 Å². The van der Waals surface area contributed by atoms with Crippen LogP contribution in [0.3, 0.4) is 0 Å². The van der Waals surface area contributed by atoms with Crippen molar-refractivity contribution in [1.82, 2.24) is 0 Å². The van der Waals surface area contributed by atoms with Gasteiger partial charge in [-0.15, -0.1) is 0 Å². The molecule has 5 heteroatoms.